The number of aromatic nitrogens is 1. The molecule has 0 unspecified atom stereocenters. The van der Waals surface area contributed by atoms with Crippen molar-refractivity contribution in [1.82, 2.24) is 4.98 Å². The van der Waals surface area contributed by atoms with Gasteiger partial charge < -0.3 is 9.47 Å². The molecule has 1 aromatic heterocycles. The molecule has 0 aliphatic rings. The van der Waals surface area contributed by atoms with E-state index in [-0.39, 0.29) is 5.69 Å². The van der Waals surface area contributed by atoms with Crippen LogP contribution in [0.15, 0.2) is 24.3 Å². The Labute approximate surface area is 109 Å². The predicted molar refractivity (Wildman–Crippen MR) is 68.8 cm³/mol. The van der Waals surface area contributed by atoms with Crippen molar-refractivity contribution in [2.24, 2.45) is 0 Å². The van der Waals surface area contributed by atoms with Crippen molar-refractivity contribution in [3.8, 4) is 0 Å². The fourth-order valence-electron chi connectivity index (χ4n) is 1.75. The Hall–Kier alpha value is -1.65. The van der Waals surface area contributed by atoms with Crippen LogP contribution in [0.5, 0.6) is 0 Å². The molecule has 0 aliphatic carbocycles. The number of hydrogen-bond donors (Lipinski definition) is 0. The molecule has 4 nitrogen and oxygen atoms in total. The smallest absolute Gasteiger partial charge is 0.356 e. The Kier molecular flexibility index (Phi) is 3.79. The summed E-state index contributed by atoms with van der Waals surface area (Å²) in [4.78, 5) is 15.8. The zero-order chi connectivity index (χ0) is 13.1. The lowest BCUT2D eigenvalue weighted by Crippen LogP contribution is -2.05. The molecule has 18 heavy (non-hydrogen) atoms. The molecule has 0 radical (unpaired) electrons. The molecule has 5 heteroatoms. The normalized spacial score (nSPS) is 10.6. The van der Waals surface area contributed by atoms with Crippen molar-refractivity contribution in [1.29, 1.82) is 0 Å². The minimum absolute atomic E-state index is 0.193. The number of pyridine rings is 1. The average Bonchev–Trinajstić information content (AvgIpc) is 2.39. The van der Waals surface area contributed by atoms with Gasteiger partial charge in [-0.3, -0.25) is 0 Å². The highest BCUT2D eigenvalue weighted by Crippen LogP contribution is 2.26. The summed E-state index contributed by atoms with van der Waals surface area (Å²) in [6.07, 6.45) is 0. The first-order chi connectivity index (χ1) is 8.67. The minimum atomic E-state index is -0.508. The van der Waals surface area contributed by atoms with Gasteiger partial charge in [0.1, 0.15) is 0 Å². The summed E-state index contributed by atoms with van der Waals surface area (Å²) in [7, 11) is 2.91. The van der Waals surface area contributed by atoms with E-state index in [4.69, 9.17) is 16.3 Å². The zero-order valence-corrected chi connectivity index (χ0v) is 10.8. The van der Waals surface area contributed by atoms with E-state index < -0.39 is 5.97 Å². The zero-order valence-electron chi connectivity index (χ0n) is 10.1. The second-order valence-corrected chi connectivity index (χ2v) is 4.13. The summed E-state index contributed by atoms with van der Waals surface area (Å²) in [6, 6.07) is 7.12. The van der Waals surface area contributed by atoms with Gasteiger partial charge in [0.15, 0.2) is 5.69 Å². The van der Waals surface area contributed by atoms with Gasteiger partial charge in [-0.15, -0.1) is 0 Å². The number of carbonyl (C=O) groups is 1. The highest BCUT2D eigenvalue weighted by Gasteiger charge is 2.13. The summed E-state index contributed by atoms with van der Waals surface area (Å²) in [5.41, 5.74) is 1.73. The number of ether oxygens (including phenoxy) is 2. The molecule has 0 atom stereocenters. The quantitative estimate of drug-likeness (QED) is 0.801. The number of nitrogens with zero attached hydrogens (tertiary/aromatic N) is 1. The summed E-state index contributed by atoms with van der Waals surface area (Å²) in [5, 5.41) is 1.26. The first-order valence-corrected chi connectivity index (χ1v) is 5.70. The van der Waals surface area contributed by atoms with Crippen LogP contribution in [0.2, 0.25) is 5.02 Å². The van der Waals surface area contributed by atoms with E-state index in [1.54, 1.807) is 7.11 Å². The maximum absolute atomic E-state index is 11.5. The summed E-state index contributed by atoms with van der Waals surface area (Å²) in [6.45, 7) is 0.408. The molecule has 0 spiro atoms. The van der Waals surface area contributed by atoms with E-state index >= 15 is 0 Å². The summed E-state index contributed by atoms with van der Waals surface area (Å²) < 4.78 is 9.75. The van der Waals surface area contributed by atoms with Crippen LogP contribution in [-0.2, 0) is 16.1 Å². The standard InChI is InChI=1S/C13H12ClNO3/c1-17-7-8-4-3-5-9-10(14)6-11(13(16)18-2)15-12(8)9/h3-6H,7H2,1-2H3. The Morgan fingerprint density at radius 3 is 2.83 bits per heavy atom. The first-order valence-electron chi connectivity index (χ1n) is 5.32. The van der Waals surface area contributed by atoms with Crippen molar-refractivity contribution in [2.75, 3.05) is 14.2 Å². The first kappa shape index (κ1) is 12.8. The number of hydrogen-bond acceptors (Lipinski definition) is 4. The fourth-order valence-corrected chi connectivity index (χ4v) is 2.00. The maximum atomic E-state index is 11.5. The lowest BCUT2D eigenvalue weighted by atomic mass is 10.1. The van der Waals surface area contributed by atoms with Crippen molar-refractivity contribution in [3.05, 3.63) is 40.5 Å². The van der Waals surface area contributed by atoms with Gasteiger partial charge in [0.05, 0.1) is 24.3 Å². The van der Waals surface area contributed by atoms with E-state index in [0.29, 0.717) is 17.1 Å². The van der Waals surface area contributed by atoms with Crippen molar-refractivity contribution in [3.63, 3.8) is 0 Å². The van der Waals surface area contributed by atoms with Crippen LogP contribution in [0.4, 0.5) is 0 Å². The van der Waals surface area contributed by atoms with Crippen LogP contribution in [0.3, 0.4) is 0 Å². The van der Waals surface area contributed by atoms with Gasteiger partial charge >= 0.3 is 5.97 Å². The van der Waals surface area contributed by atoms with E-state index in [0.717, 1.165) is 10.9 Å². The monoisotopic (exact) mass is 265 g/mol. The van der Waals surface area contributed by atoms with Crippen LogP contribution >= 0.6 is 11.6 Å². The molecule has 1 aromatic carbocycles. The Bertz CT molecular complexity index is 598. The van der Waals surface area contributed by atoms with Gasteiger partial charge in [0.2, 0.25) is 0 Å². The van der Waals surface area contributed by atoms with Crippen LogP contribution in [0, 0.1) is 0 Å². The van der Waals surface area contributed by atoms with Gasteiger partial charge in [0, 0.05) is 18.1 Å². The lowest BCUT2D eigenvalue weighted by molar-refractivity contribution is 0.0594. The van der Waals surface area contributed by atoms with Gasteiger partial charge in [0.25, 0.3) is 0 Å². The molecule has 2 rings (SSSR count). The molecule has 0 aliphatic heterocycles. The number of benzene rings is 1. The van der Waals surface area contributed by atoms with Crippen molar-refractivity contribution in [2.45, 2.75) is 6.61 Å². The summed E-state index contributed by atoms with van der Waals surface area (Å²) in [5.74, 6) is -0.508. The van der Waals surface area contributed by atoms with Crippen LogP contribution in [0.1, 0.15) is 16.1 Å². The topological polar surface area (TPSA) is 48.4 Å². The number of methoxy groups -OCH3 is 2. The van der Waals surface area contributed by atoms with Crippen molar-refractivity contribution < 1.29 is 14.3 Å². The number of rotatable bonds is 3. The van der Waals surface area contributed by atoms with Crippen LogP contribution in [-0.4, -0.2) is 25.2 Å². The lowest BCUT2D eigenvalue weighted by Gasteiger charge is -2.08. The molecule has 0 amide bonds. The van der Waals surface area contributed by atoms with Gasteiger partial charge in [-0.25, -0.2) is 9.78 Å². The molecule has 0 bridgehead atoms. The highest BCUT2D eigenvalue weighted by molar-refractivity contribution is 6.35. The Morgan fingerprint density at radius 1 is 1.39 bits per heavy atom. The molecular formula is C13H12ClNO3. The molecule has 94 valence electrons. The number of fused-ring (bicyclic) bond motifs is 1. The van der Waals surface area contributed by atoms with E-state index in [1.165, 1.54) is 13.2 Å². The van der Waals surface area contributed by atoms with E-state index in [9.17, 15) is 4.79 Å². The van der Waals surface area contributed by atoms with Gasteiger partial charge in [-0.2, -0.15) is 0 Å². The second-order valence-electron chi connectivity index (χ2n) is 3.73. The molecule has 0 fully saturated rings. The SMILES string of the molecule is COCc1cccc2c(Cl)cc(C(=O)OC)nc12. The largest absolute Gasteiger partial charge is 0.464 e. The van der Waals surface area contributed by atoms with Crippen LogP contribution < -0.4 is 0 Å². The molecule has 2 aromatic rings. The average molecular weight is 266 g/mol. The van der Waals surface area contributed by atoms with E-state index in [1.807, 2.05) is 18.2 Å². The second kappa shape index (κ2) is 5.33. The van der Waals surface area contributed by atoms with Crippen molar-refractivity contribution >= 4 is 28.5 Å². The molecule has 1 heterocycles. The number of para-hydroxylation sites is 1. The molecule has 0 N–H and O–H groups in total. The third-order valence-corrected chi connectivity index (χ3v) is 2.88. The molecule has 0 saturated carbocycles. The van der Waals surface area contributed by atoms with Gasteiger partial charge in [-0.05, 0) is 6.07 Å². The Balaban J connectivity index is 2.67. The highest BCUT2D eigenvalue weighted by atomic mass is 35.5. The third kappa shape index (κ3) is 2.30. The number of halogens is 1. The number of carbonyl (C=O) groups excluding carboxylic acids is 1. The van der Waals surface area contributed by atoms with Crippen LogP contribution in [0.25, 0.3) is 10.9 Å². The third-order valence-electron chi connectivity index (χ3n) is 2.57. The Morgan fingerprint density at radius 2 is 2.17 bits per heavy atom. The van der Waals surface area contributed by atoms with E-state index in [2.05, 4.69) is 9.72 Å². The maximum Gasteiger partial charge on any atom is 0.356 e. The minimum Gasteiger partial charge on any atom is -0.464 e. The predicted octanol–water partition coefficient (Wildman–Crippen LogP) is 2.82. The molecule has 0 saturated heterocycles. The van der Waals surface area contributed by atoms with Gasteiger partial charge in [-0.1, -0.05) is 29.8 Å². The number of esters is 1. The summed E-state index contributed by atoms with van der Waals surface area (Å²) >= 11 is 6.15. The fraction of sp³-hybridized carbons (Fsp3) is 0.231. The molecular weight excluding hydrogens is 254 g/mol.